The number of hydrogen-bond donors (Lipinski definition) is 1. The van der Waals surface area contributed by atoms with Gasteiger partial charge >= 0.3 is 0 Å². The number of nitrogens with zero attached hydrogens (tertiary/aromatic N) is 2. The Morgan fingerprint density at radius 3 is 2.83 bits per heavy atom. The predicted octanol–water partition coefficient (Wildman–Crippen LogP) is 1.59. The van der Waals surface area contributed by atoms with E-state index in [0.29, 0.717) is 17.4 Å². The molecule has 2 aliphatic rings. The third-order valence-corrected chi connectivity index (χ3v) is 5.73. The molecule has 1 amide bonds. The molecule has 23 heavy (non-hydrogen) atoms. The van der Waals surface area contributed by atoms with Gasteiger partial charge in [0.1, 0.15) is 0 Å². The van der Waals surface area contributed by atoms with Crippen molar-refractivity contribution in [2.24, 2.45) is 17.8 Å². The molecule has 2 fully saturated rings. The zero-order valence-corrected chi connectivity index (χ0v) is 13.0. The number of benzene rings is 1. The monoisotopic (exact) mass is 333 g/mol. The second kappa shape index (κ2) is 5.16. The first-order chi connectivity index (χ1) is 11.0. The second-order valence-electron chi connectivity index (χ2n) is 6.08. The van der Waals surface area contributed by atoms with Crippen LogP contribution in [0.1, 0.15) is 19.3 Å². The van der Waals surface area contributed by atoms with E-state index in [2.05, 4.69) is 14.9 Å². The Balaban J connectivity index is 1.52. The number of amides is 1. The first-order valence-corrected chi connectivity index (χ1v) is 8.96. The molecule has 4 rings (SSSR count). The summed E-state index contributed by atoms with van der Waals surface area (Å²) >= 11 is 0. The number of sulfonamides is 1. The summed E-state index contributed by atoms with van der Waals surface area (Å²) in [5.74, 6) is 0.662. The van der Waals surface area contributed by atoms with Crippen LogP contribution in [0.2, 0.25) is 0 Å². The molecule has 1 aromatic heterocycles. The van der Waals surface area contributed by atoms with Crippen molar-refractivity contribution in [2.75, 3.05) is 0 Å². The summed E-state index contributed by atoms with van der Waals surface area (Å²) in [6.07, 6.45) is 4.29. The van der Waals surface area contributed by atoms with E-state index in [-0.39, 0.29) is 16.7 Å². The molecule has 0 spiro atoms. The average Bonchev–Trinajstić information content (AvgIpc) is 3.43. The maximum atomic E-state index is 12.4. The van der Waals surface area contributed by atoms with Gasteiger partial charge in [-0.15, -0.1) is 10.2 Å². The molecule has 0 bridgehead atoms. The van der Waals surface area contributed by atoms with E-state index >= 15 is 0 Å². The molecule has 2 saturated carbocycles. The summed E-state index contributed by atoms with van der Waals surface area (Å²) < 4.78 is 32.0. The summed E-state index contributed by atoms with van der Waals surface area (Å²) in [4.78, 5) is 12.1. The fourth-order valence-electron chi connectivity index (χ4n) is 2.92. The number of hydrogen-bond acceptors (Lipinski definition) is 6. The van der Waals surface area contributed by atoms with Crippen LogP contribution in [0.15, 0.2) is 40.0 Å². The number of nitrogens with one attached hydrogen (secondary N) is 1. The molecule has 7 nitrogen and oxygen atoms in total. The highest BCUT2D eigenvalue weighted by molar-refractivity contribution is 7.90. The van der Waals surface area contributed by atoms with Gasteiger partial charge in [-0.2, -0.15) is 0 Å². The van der Waals surface area contributed by atoms with Crippen molar-refractivity contribution >= 4 is 15.9 Å². The van der Waals surface area contributed by atoms with Crippen LogP contribution in [0.5, 0.6) is 0 Å². The van der Waals surface area contributed by atoms with Crippen LogP contribution in [0.4, 0.5) is 0 Å². The molecule has 0 radical (unpaired) electrons. The molecule has 2 aromatic rings. The number of carbonyl (C=O) groups is 1. The summed E-state index contributed by atoms with van der Waals surface area (Å²) in [6, 6.07) is 6.08. The van der Waals surface area contributed by atoms with Crippen molar-refractivity contribution in [2.45, 2.75) is 24.2 Å². The number of rotatable bonds is 5. The van der Waals surface area contributed by atoms with Crippen LogP contribution < -0.4 is 4.72 Å². The SMILES string of the molecule is O=C(NS(=O)(=O)c1cccc(-c2nnco2)c1)[C@H]1C[C@@H]1C1CC1. The fourth-order valence-corrected chi connectivity index (χ4v) is 4.00. The lowest BCUT2D eigenvalue weighted by atomic mass is 10.2. The van der Waals surface area contributed by atoms with Crippen molar-refractivity contribution in [1.29, 1.82) is 0 Å². The predicted molar refractivity (Wildman–Crippen MR) is 79.4 cm³/mol. The maximum Gasteiger partial charge on any atom is 0.264 e. The molecule has 0 aliphatic heterocycles. The van der Waals surface area contributed by atoms with E-state index in [0.717, 1.165) is 19.3 Å². The van der Waals surface area contributed by atoms with Crippen LogP contribution in [0, 0.1) is 17.8 Å². The lowest BCUT2D eigenvalue weighted by molar-refractivity contribution is -0.120. The zero-order valence-electron chi connectivity index (χ0n) is 12.2. The molecular weight excluding hydrogens is 318 g/mol. The quantitative estimate of drug-likeness (QED) is 0.891. The molecule has 0 unspecified atom stereocenters. The smallest absolute Gasteiger partial charge is 0.264 e. The number of aromatic nitrogens is 2. The lowest BCUT2D eigenvalue weighted by Crippen LogP contribution is -2.32. The van der Waals surface area contributed by atoms with E-state index in [1.54, 1.807) is 12.1 Å². The fraction of sp³-hybridized carbons (Fsp3) is 0.400. The van der Waals surface area contributed by atoms with Gasteiger partial charge in [-0.3, -0.25) is 4.79 Å². The van der Waals surface area contributed by atoms with E-state index in [1.807, 2.05) is 0 Å². The van der Waals surface area contributed by atoms with Crippen LogP contribution >= 0.6 is 0 Å². The summed E-state index contributed by atoms with van der Waals surface area (Å²) in [5, 5.41) is 7.31. The molecule has 2 atom stereocenters. The normalized spacial score (nSPS) is 23.5. The van der Waals surface area contributed by atoms with Crippen molar-refractivity contribution < 1.29 is 17.6 Å². The Labute approximate surface area is 133 Å². The highest BCUT2D eigenvalue weighted by Crippen LogP contribution is 2.54. The van der Waals surface area contributed by atoms with Gasteiger partial charge in [0.2, 0.25) is 18.2 Å². The van der Waals surface area contributed by atoms with Gasteiger partial charge in [-0.1, -0.05) is 6.07 Å². The van der Waals surface area contributed by atoms with Crippen molar-refractivity contribution in [1.82, 2.24) is 14.9 Å². The average molecular weight is 333 g/mol. The summed E-state index contributed by atoms with van der Waals surface area (Å²) in [7, 11) is -3.90. The van der Waals surface area contributed by atoms with E-state index < -0.39 is 15.9 Å². The van der Waals surface area contributed by atoms with Gasteiger partial charge in [0, 0.05) is 11.5 Å². The Bertz CT molecular complexity index is 843. The van der Waals surface area contributed by atoms with Crippen molar-refractivity contribution in [3.05, 3.63) is 30.7 Å². The number of carbonyl (C=O) groups excluding carboxylic acids is 1. The van der Waals surface area contributed by atoms with Gasteiger partial charge in [-0.05, 0) is 49.3 Å². The highest BCUT2D eigenvalue weighted by atomic mass is 32.2. The molecule has 120 valence electrons. The molecular formula is C15H15N3O4S. The molecule has 1 aromatic carbocycles. The van der Waals surface area contributed by atoms with Crippen LogP contribution in [-0.2, 0) is 14.8 Å². The third-order valence-electron chi connectivity index (χ3n) is 4.39. The van der Waals surface area contributed by atoms with Gasteiger partial charge in [0.15, 0.2) is 0 Å². The molecule has 1 heterocycles. The van der Waals surface area contributed by atoms with E-state index in [1.165, 1.54) is 18.5 Å². The van der Waals surface area contributed by atoms with Crippen LogP contribution in [0.3, 0.4) is 0 Å². The van der Waals surface area contributed by atoms with Gasteiger partial charge < -0.3 is 4.42 Å². The minimum Gasteiger partial charge on any atom is -0.423 e. The molecule has 1 N–H and O–H groups in total. The van der Waals surface area contributed by atoms with Crippen LogP contribution in [0.25, 0.3) is 11.5 Å². The first-order valence-electron chi connectivity index (χ1n) is 7.48. The largest absolute Gasteiger partial charge is 0.423 e. The lowest BCUT2D eigenvalue weighted by Gasteiger charge is -2.07. The topological polar surface area (TPSA) is 102 Å². The first kappa shape index (κ1) is 14.4. The van der Waals surface area contributed by atoms with Crippen molar-refractivity contribution in [3.63, 3.8) is 0 Å². The summed E-state index contributed by atoms with van der Waals surface area (Å²) in [6.45, 7) is 0. The third kappa shape index (κ3) is 2.86. The van der Waals surface area contributed by atoms with Gasteiger partial charge in [0.05, 0.1) is 4.90 Å². The Hall–Kier alpha value is -2.22. The Morgan fingerprint density at radius 1 is 1.30 bits per heavy atom. The van der Waals surface area contributed by atoms with Crippen LogP contribution in [-0.4, -0.2) is 24.5 Å². The van der Waals surface area contributed by atoms with Crippen molar-refractivity contribution in [3.8, 4) is 11.5 Å². The zero-order chi connectivity index (χ0) is 16.0. The summed E-state index contributed by atoms with van der Waals surface area (Å²) in [5.41, 5.74) is 0.486. The minimum absolute atomic E-state index is 0.00479. The standard InChI is InChI=1S/C15H15N3O4S/c19-14(13-7-12(13)9-4-5-9)18-23(20,21)11-3-1-2-10(6-11)15-17-16-8-22-15/h1-3,6,8-9,12-13H,4-5,7H2,(H,18,19)/t12-,13+/m1/s1. The van der Waals surface area contributed by atoms with E-state index in [9.17, 15) is 13.2 Å². The second-order valence-corrected chi connectivity index (χ2v) is 7.77. The minimum atomic E-state index is -3.90. The van der Waals surface area contributed by atoms with Gasteiger partial charge in [-0.25, -0.2) is 13.1 Å². The molecule has 2 aliphatic carbocycles. The highest BCUT2D eigenvalue weighted by Gasteiger charge is 2.51. The Morgan fingerprint density at radius 2 is 2.13 bits per heavy atom. The van der Waals surface area contributed by atoms with E-state index in [4.69, 9.17) is 4.42 Å². The Kier molecular flexibility index (Phi) is 3.22. The maximum absolute atomic E-state index is 12.4. The molecule has 0 saturated heterocycles. The van der Waals surface area contributed by atoms with Gasteiger partial charge in [0.25, 0.3) is 10.0 Å². The molecule has 8 heteroatoms.